The van der Waals surface area contributed by atoms with Crippen LogP contribution in [-0.4, -0.2) is 101 Å². The average molecular weight is 1150 g/mol. The Morgan fingerprint density at radius 1 is 0.415 bits per heavy atom. The number of imide groups is 4. The Morgan fingerprint density at radius 2 is 0.744 bits per heavy atom. The summed E-state index contributed by atoms with van der Waals surface area (Å²) >= 11 is 0. The molecule has 6 aromatic carbocycles. The van der Waals surface area contributed by atoms with Crippen LogP contribution in [-0.2, 0) is 10.8 Å². The predicted octanol–water partition coefficient (Wildman–Crippen LogP) is 13.3. The van der Waals surface area contributed by atoms with Crippen molar-refractivity contribution >= 4 is 52.9 Å². The zero-order valence-electron chi connectivity index (χ0n) is 42.0. The summed E-state index contributed by atoms with van der Waals surface area (Å²) in [4.78, 5) is 104. The molecule has 0 spiro atoms. The van der Waals surface area contributed by atoms with Gasteiger partial charge in [-0.1, -0.05) is 77.6 Å². The van der Waals surface area contributed by atoms with E-state index >= 15 is 0 Å². The molecule has 0 N–H and O–H groups in total. The second-order valence-corrected chi connectivity index (χ2v) is 19.2. The van der Waals surface area contributed by atoms with E-state index in [1.54, 1.807) is 12.1 Å². The maximum absolute atomic E-state index is 14.9. The van der Waals surface area contributed by atoms with Gasteiger partial charge in [0.25, 0.3) is 47.3 Å². The number of rotatable bonds is 10. The van der Waals surface area contributed by atoms with Crippen molar-refractivity contribution in [2.24, 2.45) is 0 Å². The fourth-order valence-electron chi connectivity index (χ4n) is 9.98. The van der Waals surface area contributed by atoms with Crippen molar-refractivity contribution in [3.8, 4) is 11.5 Å². The van der Waals surface area contributed by atoms with Gasteiger partial charge in [0.15, 0.2) is 0 Å². The first-order valence-corrected chi connectivity index (χ1v) is 24.0. The number of carbonyl (C=O) groups excluding carboxylic acids is 8. The number of hydrogen-bond donors (Lipinski definition) is 0. The Morgan fingerprint density at radius 3 is 1.16 bits per heavy atom. The second kappa shape index (κ2) is 21.8. The fourth-order valence-corrected chi connectivity index (χ4v) is 9.98. The third-order valence-corrected chi connectivity index (χ3v) is 14.6. The van der Waals surface area contributed by atoms with Crippen LogP contribution in [0, 0.1) is 6.92 Å². The van der Waals surface area contributed by atoms with Crippen LogP contribution in [0.4, 0.5) is 45.2 Å². The third kappa shape index (κ3) is 9.65. The standard InChI is InChI=1S/C33H20F6N2O5.C24H21F3N2O4.3CH4/c1-17-3-9-21(10-4-17)46-22-11-7-20(8-12-22)41-29(44)24-14-6-19(16-26(24)30(41)45)31(32(34,35)36,33(37,38)39)18-5-13-23-25(15-18)28(43)40(2)27(23)42;1-4-5-10-29-21(32)16-9-7-14(12-18(16)22(29)33)23(2,24(25,26)27)13-6-8-15-17(11-13)20(31)28(3)19(15)30;;;/h3-16H,1-2H3;6-9,11-12H,4-5,10H2,1-3H3;3*1H4. The Kier molecular flexibility index (Phi) is 16.6. The molecule has 0 aliphatic carbocycles. The number of anilines is 1. The number of hydrogen-bond acceptors (Lipinski definition) is 9. The topological polar surface area (TPSA) is 159 Å². The lowest BCUT2D eigenvalue weighted by Crippen LogP contribution is -2.55. The SMILES string of the molecule is C.C.C.CCCCN1C(=O)c2ccc(C(C)(c3ccc4c(c3)C(=O)N(C)C4=O)C(F)(F)F)cc2C1=O.Cc1ccc(Oc2ccc(N3C(=O)c4ccc(C(c5ccc6c(c5)C(=O)N(C)C6=O)(C(F)(F)F)C(F)(F)F)cc4C3=O)cc2)cc1. The smallest absolute Gasteiger partial charge is 0.411 e. The summed E-state index contributed by atoms with van der Waals surface area (Å²) in [5.41, 5.74) is -11.7. The van der Waals surface area contributed by atoms with Crippen LogP contribution >= 0.6 is 0 Å². The molecule has 0 radical (unpaired) electrons. The summed E-state index contributed by atoms with van der Waals surface area (Å²) in [5.74, 6) is -5.58. The summed E-state index contributed by atoms with van der Waals surface area (Å²) in [6.45, 7) is 4.95. The van der Waals surface area contributed by atoms with Gasteiger partial charge in [0, 0.05) is 20.6 Å². The summed E-state index contributed by atoms with van der Waals surface area (Å²) in [7, 11) is 2.31. The zero-order chi connectivity index (χ0) is 57.6. The highest BCUT2D eigenvalue weighted by Crippen LogP contribution is 2.57. The first-order chi connectivity index (χ1) is 37.0. The van der Waals surface area contributed by atoms with Crippen LogP contribution in [0.25, 0.3) is 0 Å². The van der Waals surface area contributed by atoms with Crippen molar-refractivity contribution in [3.63, 3.8) is 0 Å². The van der Waals surface area contributed by atoms with E-state index < -0.39 is 104 Å². The molecular formula is C60H53F9N4O9. The van der Waals surface area contributed by atoms with Crippen molar-refractivity contribution < 1.29 is 82.6 Å². The maximum Gasteiger partial charge on any atom is 0.411 e. The second-order valence-electron chi connectivity index (χ2n) is 19.2. The Balaban J connectivity index is 0.000000267. The number of fused-ring (bicyclic) bond motifs is 4. The predicted molar refractivity (Wildman–Crippen MR) is 283 cm³/mol. The van der Waals surface area contributed by atoms with E-state index in [9.17, 15) is 77.9 Å². The van der Waals surface area contributed by atoms with Gasteiger partial charge in [-0.2, -0.15) is 39.5 Å². The van der Waals surface area contributed by atoms with Gasteiger partial charge in [-0.3, -0.25) is 53.1 Å². The van der Waals surface area contributed by atoms with Gasteiger partial charge >= 0.3 is 18.5 Å². The van der Waals surface area contributed by atoms with E-state index in [-0.39, 0.29) is 73.5 Å². The minimum Gasteiger partial charge on any atom is -0.457 e. The normalized spacial score (nSPS) is 15.5. The highest BCUT2D eigenvalue weighted by atomic mass is 19.4. The lowest BCUT2D eigenvalue weighted by Gasteiger charge is -2.38. The molecule has 0 bridgehead atoms. The molecule has 4 heterocycles. The average Bonchev–Trinajstić information content (AvgIpc) is 2.99. The summed E-state index contributed by atoms with van der Waals surface area (Å²) in [6.07, 6.45) is -15.6. The van der Waals surface area contributed by atoms with Crippen LogP contribution in [0.5, 0.6) is 11.5 Å². The summed E-state index contributed by atoms with van der Waals surface area (Å²) in [6, 6.07) is 22.9. The highest BCUT2D eigenvalue weighted by Gasteiger charge is 2.73. The first kappa shape index (κ1) is 62.3. The molecule has 430 valence electrons. The summed E-state index contributed by atoms with van der Waals surface area (Å²) < 4.78 is 139. The molecule has 13 nitrogen and oxygen atoms in total. The largest absolute Gasteiger partial charge is 0.457 e. The number of ether oxygens (including phenoxy) is 1. The first-order valence-electron chi connectivity index (χ1n) is 24.0. The molecule has 0 saturated heterocycles. The van der Waals surface area contributed by atoms with Crippen molar-refractivity contribution in [1.29, 1.82) is 0 Å². The molecule has 0 aromatic heterocycles. The lowest BCUT2D eigenvalue weighted by molar-refractivity contribution is -0.288. The van der Waals surface area contributed by atoms with E-state index in [1.165, 1.54) is 55.6 Å². The molecule has 0 saturated carbocycles. The number of nitrogens with zero attached hydrogens (tertiary/aromatic N) is 4. The van der Waals surface area contributed by atoms with Gasteiger partial charge in [0.1, 0.15) is 16.9 Å². The number of unbranched alkanes of at least 4 members (excludes halogenated alkanes) is 1. The van der Waals surface area contributed by atoms with E-state index in [1.807, 2.05) is 26.0 Å². The maximum atomic E-state index is 14.9. The van der Waals surface area contributed by atoms with Gasteiger partial charge in [-0.15, -0.1) is 0 Å². The van der Waals surface area contributed by atoms with Crippen molar-refractivity contribution in [2.75, 3.05) is 25.5 Å². The highest BCUT2D eigenvalue weighted by molar-refractivity contribution is 6.34. The van der Waals surface area contributed by atoms with Gasteiger partial charge < -0.3 is 4.74 Å². The fraction of sp³-hybridized carbons (Fsp3) is 0.267. The monoisotopic (exact) mass is 1140 g/mol. The number of amides is 8. The number of aryl methyl sites for hydroxylation is 1. The summed E-state index contributed by atoms with van der Waals surface area (Å²) in [5, 5.41) is 0. The van der Waals surface area contributed by atoms with Crippen LogP contribution in [0.2, 0.25) is 0 Å². The van der Waals surface area contributed by atoms with Crippen molar-refractivity contribution in [2.45, 2.75) is 85.3 Å². The quantitative estimate of drug-likeness (QED) is 0.0961. The zero-order valence-corrected chi connectivity index (χ0v) is 42.0. The lowest BCUT2D eigenvalue weighted by atomic mass is 9.71. The van der Waals surface area contributed by atoms with E-state index in [0.29, 0.717) is 52.0 Å². The molecular weight excluding hydrogens is 1090 g/mol. The minimum absolute atomic E-state index is 0. The Hall–Kier alpha value is -8.95. The van der Waals surface area contributed by atoms with Gasteiger partial charge in [-0.05, 0) is 127 Å². The third-order valence-electron chi connectivity index (χ3n) is 14.6. The minimum atomic E-state index is -6.05. The molecule has 4 aliphatic heterocycles. The molecule has 10 rings (SSSR count). The molecule has 1 unspecified atom stereocenters. The van der Waals surface area contributed by atoms with Crippen molar-refractivity contribution in [3.05, 3.63) is 194 Å². The Labute approximate surface area is 464 Å². The van der Waals surface area contributed by atoms with E-state index in [0.717, 1.165) is 60.0 Å². The molecule has 0 fully saturated rings. The van der Waals surface area contributed by atoms with E-state index in [2.05, 4.69) is 0 Å². The number of benzene rings is 6. The van der Waals surface area contributed by atoms with Gasteiger partial charge in [0.05, 0.1) is 50.2 Å². The van der Waals surface area contributed by atoms with E-state index in [4.69, 9.17) is 4.74 Å². The molecule has 1 atom stereocenters. The van der Waals surface area contributed by atoms with Crippen LogP contribution in [0.15, 0.2) is 121 Å². The molecule has 82 heavy (non-hydrogen) atoms. The molecule has 8 amide bonds. The number of carbonyl (C=O) groups is 8. The van der Waals surface area contributed by atoms with Gasteiger partial charge in [-0.25, -0.2) is 4.90 Å². The van der Waals surface area contributed by atoms with Crippen LogP contribution in [0.1, 0.15) is 160 Å². The molecule has 6 aromatic rings. The number of halogens is 9. The molecule has 4 aliphatic rings. The van der Waals surface area contributed by atoms with Gasteiger partial charge in [0.2, 0.25) is 5.41 Å². The van der Waals surface area contributed by atoms with Crippen molar-refractivity contribution in [1.82, 2.24) is 14.7 Å². The molecule has 22 heteroatoms. The Bertz CT molecular complexity index is 3620. The number of alkyl halides is 9. The van der Waals surface area contributed by atoms with Crippen LogP contribution < -0.4 is 9.64 Å². The van der Waals surface area contributed by atoms with Crippen LogP contribution in [0.3, 0.4) is 0 Å².